The Morgan fingerprint density at radius 2 is 2.10 bits per heavy atom. The maximum atomic E-state index is 5.70. The number of hydrogen-bond donors (Lipinski definition) is 1. The Bertz CT molecular complexity index is 763. The van der Waals surface area contributed by atoms with E-state index in [1.54, 1.807) is 7.11 Å². The minimum atomic E-state index is -0.583. The van der Waals surface area contributed by atoms with Gasteiger partial charge in [0, 0.05) is 12.7 Å². The Kier molecular flexibility index (Phi) is 2.95. The fourth-order valence-electron chi connectivity index (χ4n) is 1.75. The van der Waals surface area contributed by atoms with Crippen LogP contribution in [0, 0.1) is 0 Å². The highest BCUT2D eigenvalue weighted by Gasteiger charge is 2.26. The van der Waals surface area contributed by atoms with Gasteiger partial charge in [-0.25, -0.2) is 4.98 Å². The van der Waals surface area contributed by atoms with Gasteiger partial charge in [0.1, 0.15) is 5.60 Å². The maximum absolute atomic E-state index is 5.70. The third-order valence-corrected chi connectivity index (χ3v) is 3.97. The van der Waals surface area contributed by atoms with E-state index in [1.807, 2.05) is 32.0 Å². The summed E-state index contributed by atoms with van der Waals surface area (Å²) in [5.74, 6) is 0.970. The van der Waals surface area contributed by atoms with Crippen molar-refractivity contribution in [2.75, 3.05) is 12.8 Å². The number of ether oxygens (including phenoxy) is 1. The maximum Gasteiger partial charge on any atom is 0.258 e. The molecular weight excluding hydrogens is 276 g/mol. The van der Waals surface area contributed by atoms with Crippen molar-refractivity contribution in [2.45, 2.75) is 19.4 Å². The van der Waals surface area contributed by atoms with Gasteiger partial charge in [-0.1, -0.05) is 16.5 Å². The van der Waals surface area contributed by atoms with E-state index >= 15 is 0 Å². The third-order valence-electron chi connectivity index (χ3n) is 3.13. The summed E-state index contributed by atoms with van der Waals surface area (Å²) in [5.41, 5.74) is 6.82. The molecule has 7 heteroatoms. The number of anilines is 1. The van der Waals surface area contributed by atoms with Crippen molar-refractivity contribution in [2.24, 2.45) is 0 Å². The monoisotopic (exact) mass is 290 g/mol. The molecule has 3 rings (SSSR count). The summed E-state index contributed by atoms with van der Waals surface area (Å²) < 4.78 is 11.6. The SMILES string of the molecule is COC(C)(C)c1noc(-c2ccc3nc(N)sc3c2)n1. The third kappa shape index (κ3) is 2.14. The summed E-state index contributed by atoms with van der Waals surface area (Å²) in [6.45, 7) is 3.77. The molecule has 104 valence electrons. The lowest BCUT2D eigenvalue weighted by Crippen LogP contribution is -2.21. The van der Waals surface area contributed by atoms with Crippen molar-refractivity contribution >= 4 is 26.7 Å². The van der Waals surface area contributed by atoms with Gasteiger partial charge in [-0.2, -0.15) is 4.98 Å². The van der Waals surface area contributed by atoms with E-state index in [2.05, 4.69) is 15.1 Å². The van der Waals surface area contributed by atoms with Gasteiger partial charge in [0.2, 0.25) is 5.82 Å². The van der Waals surface area contributed by atoms with Crippen LogP contribution in [0.4, 0.5) is 5.13 Å². The minimum Gasteiger partial charge on any atom is -0.375 e. The highest BCUT2D eigenvalue weighted by Crippen LogP contribution is 2.30. The molecular formula is C13H14N4O2S. The molecule has 2 aromatic heterocycles. The van der Waals surface area contributed by atoms with Gasteiger partial charge >= 0.3 is 0 Å². The molecule has 0 fully saturated rings. The van der Waals surface area contributed by atoms with E-state index in [4.69, 9.17) is 15.0 Å². The van der Waals surface area contributed by atoms with Crippen LogP contribution in [0.15, 0.2) is 22.7 Å². The molecule has 0 bridgehead atoms. The molecule has 6 nitrogen and oxygen atoms in total. The summed E-state index contributed by atoms with van der Waals surface area (Å²) in [4.78, 5) is 8.60. The number of nitrogens with zero attached hydrogens (tertiary/aromatic N) is 3. The van der Waals surface area contributed by atoms with Crippen LogP contribution in [0.5, 0.6) is 0 Å². The zero-order valence-electron chi connectivity index (χ0n) is 11.4. The smallest absolute Gasteiger partial charge is 0.258 e. The first-order valence-corrected chi connectivity index (χ1v) is 6.87. The summed E-state index contributed by atoms with van der Waals surface area (Å²) >= 11 is 1.43. The molecule has 2 N–H and O–H groups in total. The number of methoxy groups -OCH3 is 1. The van der Waals surface area contributed by atoms with Crippen LogP contribution >= 0.6 is 11.3 Å². The molecule has 0 aliphatic rings. The highest BCUT2D eigenvalue weighted by atomic mass is 32.1. The molecule has 0 unspecified atom stereocenters. The number of aromatic nitrogens is 3. The summed E-state index contributed by atoms with van der Waals surface area (Å²) in [5, 5.41) is 4.52. The molecule has 0 amide bonds. The van der Waals surface area contributed by atoms with Gasteiger partial charge in [-0.05, 0) is 32.0 Å². The van der Waals surface area contributed by atoms with Crippen molar-refractivity contribution in [3.05, 3.63) is 24.0 Å². The Balaban J connectivity index is 2.02. The Labute approximate surface area is 119 Å². The van der Waals surface area contributed by atoms with Crippen molar-refractivity contribution in [3.63, 3.8) is 0 Å². The fourth-order valence-corrected chi connectivity index (χ4v) is 2.53. The van der Waals surface area contributed by atoms with Crippen LogP contribution in [0.25, 0.3) is 21.7 Å². The van der Waals surface area contributed by atoms with Gasteiger partial charge in [-0.15, -0.1) is 0 Å². The van der Waals surface area contributed by atoms with Crippen molar-refractivity contribution in [3.8, 4) is 11.5 Å². The van der Waals surface area contributed by atoms with Gasteiger partial charge in [0.05, 0.1) is 10.2 Å². The number of fused-ring (bicyclic) bond motifs is 1. The first-order valence-electron chi connectivity index (χ1n) is 6.05. The van der Waals surface area contributed by atoms with E-state index < -0.39 is 5.60 Å². The van der Waals surface area contributed by atoms with Crippen LogP contribution in [-0.2, 0) is 10.3 Å². The summed E-state index contributed by atoms with van der Waals surface area (Å²) in [6.07, 6.45) is 0. The second-order valence-corrected chi connectivity index (χ2v) is 5.93. The van der Waals surface area contributed by atoms with Crippen LogP contribution in [-0.4, -0.2) is 22.2 Å². The first-order chi connectivity index (χ1) is 9.49. The second kappa shape index (κ2) is 4.53. The normalized spacial score (nSPS) is 12.2. The quantitative estimate of drug-likeness (QED) is 0.798. The lowest BCUT2D eigenvalue weighted by Gasteiger charge is -2.17. The summed E-state index contributed by atoms with van der Waals surface area (Å²) in [6, 6.07) is 5.72. The van der Waals surface area contributed by atoms with E-state index in [0.717, 1.165) is 15.8 Å². The van der Waals surface area contributed by atoms with Gasteiger partial charge < -0.3 is 15.0 Å². The standard InChI is InChI=1S/C13H14N4O2S/c1-13(2,18-3)11-16-10(19-17-11)7-4-5-8-9(6-7)20-12(14)15-8/h4-6H,1-3H3,(H2,14,15). The van der Waals surface area contributed by atoms with Crippen LogP contribution in [0.2, 0.25) is 0 Å². The van der Waals surface area contributed by atoms with E-state index in [9.17, 15) is 0 Å². The molecule has 0 saturated heterocycles. The van der Waals surface area contributed by atoms with Crippen LogP contribution in [0.3, 0.4) is 0 Å². The van der Waals surface area contributed by atoms with Crippen LogP contribution < -0.4 is 5.73 Å². The minimum absolute atomic E-state index is 0.457. The first kappa shape index (κ1) is 13.0. The number of thiazole rings is 1. The van der Waals surface area contributed by atoms with Crippen molar-refractivity contribution < 1.29 is 9.26 Å². The number of nitrogen functional groups attached to an aromatic ring is 1. The Morgan fingerprint density at radius 3 is 2.85 bits per heavy atom. The van der Waals surface area contributed by atoms with Crippen molar-refractivity contribution in [1.29, 1.82) is 0 Å². The molecule has 1 aromatic carbocycles. The molecule has 0 aliphatic heterocycles. The van der Waals surface area contributed by atoms with E-state index in [-0.39, 0.29) is 0 Å². The molecule has 0 spiro atoms. The Morgan fingerprint density at radius 1 is 1.30 bits per heavy atom. The number of rotatable bonds is 3. The van der Waals surface area contributed by atoms with E-state index in [1.165, 1.54) is 11.3 Å². The second-order valence-electron chi connectivity index (χ2n) is 4.87. The lowest BCUT2D eigenvalue weighted by molar-refractivity contribution is 0.00973. The Hall–Kier alpha value is -1.99. The molecule has 2 heterocycles. The zero-order chi connectivity index (χ0) is 14.3. The predicted molar refractivity (Wildman–Crippen MR) is 77.4 cm³/mol. The molecule has 20 heavy (non-hydrogen) atoms. The molecule has 0 aliphatic carbocycles. The molecule has 0 saturated carbocycles. The zero-order valence-corrected chi connectivity index (χ0v) is 12.2. The predicted octanol–water partition coefficient (Wildman–Crippen LogP) is 2.81. The fraction of sp³-hybridized carbons (Fsp3) is 0.308. The van der Waals surface area contributed by atoms with E-state index in [0.29, 0.717) is 16.8 Å². The molecule has 0 atom stereocenters. The largest absolute Gasteiger partial charge is 0.375 e. The highest BCUT2D eigenvalue weighted by molar-refractivity contribution is 7.22. The topological polar surface area (TPSA) is 87.1 Å². The average Bonchev–Trinajstić information content (AvgIpc) is 3.02. The van der Waals surface area contributed by atoms with Crippen LogP contribution in [0.1, 0.15) is 19.7 Å². The number of hydrogen-bond acceptors (Lipinski definition) is 7. The lowest BCUT2D eigenvalue weighted by atomic mass is 10.1. The number of benzene rings is 1. The van der Waals surface area contributed by atoms with Gasteiger partial charge in [-0.3, -0.25) is 0 Å². The molecule has 3 aromatic rings. The van der Waals surface area contributed by atoms with Gasteiger partial charge in [0.15, 0.2) is 5.13 Å². The molecule has 0 radical (unpaired) electrons. The number of nitrogens with two attached hydrogens (primary N) is 1. The summed E-state index contributed by atoms with van der Waals surface area (Å²) in [7, 11) is 1.61. The average molecular weight is 290 g/mol. The van der Waals surface area contributed by atoms with Crippen molar-refractivity contribution in [1.82, 2.24) is 15.1 Å². The van der Waals surface area contributed by atoms with Gasteiger partial charge in [0.25, 0.3) is 5.89 Å².